The van der Waals surface area contributed by atoms with E-state index in [9.17, 15) is 9.90 Å². The number of phenolic OH excluding ortho intramolecular Hbond substituents is 1. The number of aromatic nitrogens is 4. The number of piperidine rings is 1. The second kappa shape index (κ2) is 13.9. The van der Waals surface area contributed by atoms with Crippen LogP contribution in [0, 0.1) is 0 Å². The molecule has 10 nitrogen and oxygen atoms in total. The van der Waals surface area contributed by atoms with Gasteiger partial charge in [-0.2, -0.15) is 0 Å². The molecule has 1 fully saturated rings. The molecule has 2 aromatic carbocycles. The number of phenols is 1. The van der Waals surface area contributed by atoms with E-state index in [1.807, 2.05) is 63.2 Å². The zero-order valence-electron chi connectivity index (χ0n) is 28.8. The Kier molecular flexibility index (Phi) is 9.39. The number of nitrogens with one attached hydrogen (secondary N) is 3. The average molecular weight is 725 g/mol. The fraction of sp³-hybridized carbons (Fsp3) is 0.282. The molecule has 1 saturated heterocycles. The van der Waals surface area contributed by atoms with Gasteiger partial charge in [0.1, 0.15) is 16.9 Å². The largest absolute Gasteiger partial charge is 0.505 e. The lowest BCUT2D eigenvalue weighted by Crippen LogP contribution is -2.49. The number of rotatable bonds is 7. The van der Waals surface area contributed by atoms with Crippen LogP contribution in [0.15, 0.2) is 72.9 Å². The van der Waals surface area contributed by atoms with Crippen LogP contribution in [0.1, 0.15) is 46.1 Å². The number of nitrogens with zero attached hydrogens (tertiary/aromatic N) is 4. The molecule has 1 amide bonds. The van der Waals surface area contributed by atoms with Crippen LogP contribution >= 0.6 is 23.2 Å². The fourth-order valence-electron chi connectivity index (χ4n) is 6.57. The quantitative estimate of drug-likeness (QED) is 0.128. The summed E-state index contributed by atoms with van der Waals surface area (Å²) in [5, 5.41) is 18.2. The molecular weight excluding hydrogens is 685 g/mol. The van der Waals surface area contributed by atoms with E-state index in [1.54, 1.807) is 18.3 Å². The van der Waals surface area contributed by atoms with E-state index in [0.717, 1.165) is 59.9 Å². The van der Waals surface area contributed by atoms with Gasteiger partial charge in [-0.15, -0.1) is 0 Å². The van der Waals surface area contributed by atoms with Gasteiger partial charge in [0, 0.05) is 35.6 Å². The number of amides is 1. The Bertz CT molecular complexity index is 2230. The van der Waals surface area contributed by atoms with Crippen molar-refractivity contribution in [2.24, 2.45) is 0 Å². The van der Waals surface area contributed by atoms with Crippen LogP contribution < -0.4 is 15.5 Å². The SMILES string of the molecule is CCc1c(-c2cc(Nc3ccc(N4CCCC(NC(=O)OC(C)(C)C)C4)nc3)c3nc(-c4cc(Cl)c(O)c(Cl)c4)ccc3n2)[nH]c2ccccc12. The van der Waals surface area contributed by atoms with Gasteiger partial charge in [0.05, 0.1) is 50.2 Å². The van der Waals surface area contributed by atoms with Crippen molar-refractivity contribution in [2.75, 3.05) is 23.3 Å². The molecule has 1 aliphatic heterocycles. The fourth-order valence-corrected chi connectivity index (χ4v) is 7.06. The van der Waals surface area contributed by atoms with Gasteiger partial charge >= 0.3 is 6.09 Å². The minimum absolute atomic E-state index is 0.0360. The molecule has 0 saturated carbocycles. The lowest BCUT2D eigenvalue weighted by molar-refractivity contribution is 0.0500. The van der Waals surface area contributed by atoms with Crippen LogP contribution in [0.4, 0.5) is 22.0 Å². The number of hydrogen-bond donors (Lipinski definition) is 4. The topological polar surface area (TPSA) is 128 Å². The van der Waals surface area contributed by atoms with Crippen LogP contribution in [0.2, 0.25) is 10.0 Å². The summed E-state index contributed by atoms with van der Waals surface area (Å²) < 4.78 is 5.47. The van der Waals surface area contributed by atoms with E-state index in [1.165, 1.54) is 10.9 Å². The molecule has 51 heavy (non-hydrogen) atoms. The zero-order valence-corrected chi connectivity index (χ0v) is 30.4. The van der Waals surface area contributed by atoms with Crippen molar-refractivity contribution in [3.63, 3.8) is 0 Å². The molecule has 12 heteroatoms. The highest BCUT2D eigenvalue weighted by Crippen LogP contribution is 2.38. The number of aromatic hydroxyl groups is 1. The van der Waals surface area contributed by atoms with Crippen LogP contribution in [-0.2, 0) is 11.2 Å². The van der Waals surface area contributed by atoms with Gasteiger partial charge in [-0.1, -0.05) is 48.3 Å². The molecule has 262 valence electrons. The van der Waals surface area contributed by atoms with Gasteiger partial charge < -0.3 is 30.4 Å². The van der Waals surface area contributed by atoms with E-state index >= 15 is 0 Å². The Morgan fingerprint density at radius 1 is 1.04 bits per heavy atom. The monoisotopic (exact) mass is 723 g/mol. The van der Waals surface area contributed by atoms with E-state index in [4.69, 9.17) is 42.9 Å². The average Bonchev–Trinajstić information content (AvgIpc) is 3.48. The predicted octanol–water partition coefficient (Wildman–Crippen LogP) is 9.65. The van der Waals surface area contributed by atoms with Gasteiger partial charge in [0.2, 0.25) is 0 Å². The molecule has 5 heterocycles. The second-order valence-corrected chi connectivity index (χ2v) is 14.6. The molecule has 0 aliphatic carbocycles. The molecule has 0 spiro atoms. The number of H-pyrrole nitrogens is 1. The Balaban J connectivity index is 1.22. The third kappa shape index (κ3) is 7.38. The summed E-state index contributed by atoms with van der Waals surface area (Å²) in [6, 6.07) is 21.3. The van der Waals surface area contributed by atoms with E-state index in [-0.39, 0.29) is 21.8 Å². The maximum absolute atomic E-state index is 12.4. The zero-order chi connectivity index (χ0) is 35.9. The van der Waals surface area contributed by atoms with Gasteiger partial charge in [0.25, 0.3) is 0 Å². The summed E-state index contributed by atoms with van der Waals surface area (Å²) in [5.41, 5.74) is 7.55. The molecule has 1 unspecified atom stereocenters. The third-order valence-corrected chi connectivity index (χ3v) is 9.46. The number of halogens is 2. The highest BCUT2D eigenvalue weighted by molar-refractivity contribution is 6.37. The molecule has 1 aliphatic rings. The highest BCUT2D eigenvalue weighted by atomic mass is 35.5. The molecule has 1 atom stereocenters. The Morgan fingerprint density at radius 2 is 1.82 bits per heavy atom. The van der Waals surface area contributed by atoms with Crippen LogP contribution in [0.25, 0.3) is 44.6 Å². The number of anilines is 3. The number of fused-ring (bicyclic) bond motifs is 2. The van der Waals surface area contributed by atoms with Crippen LogP contribution in [0.3, 0.4) is 0 Å². The number of carbonyl (C=O) groups excluding carboxylic acids is 1. The lowest BCUT2D eigenvalue weighted by Gasteiger charge is -2.34. The smallest absolute Gasteiger partial charge is 0.407 e. The number of alkyl carbamates (subject to hydrolysis) is 1. The first kappa shape index (κ1) is 34.4. The summed E-state index contributed by atoms with van der Waals surface area (Å²) in [6.45, 7) is 9.20. The second-order valence-electron chi connectivity index (χ2n) is 13.7. The number of benzene rings is 2. The first-order chi connectivity index (χ1) is 24.5. The standard InChI is InChI=1S/C39H39Cl2N7O3/c1-5-25-26-10-6-7-11-30(26)47-35(25)32-19-33(36-31(45-32)14-13-29(46-36)22-17-27(40)37(49)28(41)18-22)43-23-12-15-34(42-20-23)48-16-8-9-24(21-48)44-38(50)51-39(2,3)4/h6-7,10-15,17-20,24,47,49H,5,8-9,16,21H2,1-4H3,(H,43,45)(H,44,50). The Morgan fingerprint density at radius 3 is 2.55 bits per heavy atom. The molecular formula is C39H39Cl2N7O3. The molecule has 4 aromatic heterocycles. The van der Waals surface area contributed by atoms with Crippen molar-refractivity contribution < 1.29 is 14.6 Å². The van der Waals surface area contributed by atoms with E-state index in [2.05, 4.69) is 39.6 Å². The van der Waals surface area contributed by atoms with Crippen molar-refractivity contribution in [1.82, 2.24) is 25.3 Å². The first-order valence-corrected chi connectivity index (χ1v) is 17.8. The van der Waals surface area contributed by atoms with Crippen molar-refractivity contribution in [3.8, 4) is 28.4 Å². The normalized spacial score (nSPS) is 14.9. The number of ether oxygens (including phenoxy) is 1. The summed E-state index contributed by atoms with van der Waals surface area (Å²) in [5.74, 6) is 0.653. The summed E-state index contributed by atoms with van der Waals surface area (Å²) >= 11 is 12.5. The lowest BCUT2D eigenvalue weighted by atomic mass is 10.1. The highest BCUT2D eigenvalue weighted by Gasteiger charge is 2.25. The molecule has 0 bridgehead atoms. The minimum atomic E-state index is -0.554. The van der Waals surface area contributed by atoms with E-state index in [0.29, 0.717) is 28.8 Å². The van der Waals surface area contributed by atoms with Crippen molar-refractivity contribution in [3.05, 3.63) is 88.5 Å². The van der Waals surface area contributed by atoms with Gasteiger partial charge in [-0.3, -0.25) is 0 Å². The van der Waals surface area contributed by atoms with Crippen LogP contribution in [-0.4, -0.2) is 55.9 Å². The van der Waals surface area contributed by atoms with Gasteiger partial charge in [-0.25, -0.2) is 19.7 Å². The maximum Gasteiger partial charge on any atom is 0.407 e. The maximum atomic E-state index is 12.4. The van der Waals surface area contributed by atoms with Gasteiger partial charge in [-0.05, 0) is 94.1 Å². The predicted molar refractivity (Wildman–Crippen MR) is 205 cm³/mol. The van der Waals surface area contributed by atoms with Crippen molar-refractivity contribution >= 4 is 68.4 Å². The van der Waals surface area contributed by atoms with Gasteiger partial charge in [0.15, 0.2) is 5.75 Å². The third-order valence-electron chi connectivity index (χ3n) is 8.88. The Labute approximate surface area is 306 Å². The number of hydrogen-bond acceptors (Lipinski definition) is 8. The Hall–Kier alpha value is -5.06. The summed E-state index contributed by atoms with van der Waals surface area (Å²) in [6.07, 6.45) is 4.03. The molecule has 6 aromatic rings. The molecule has 0 radical (unpaired) electrons. The van der Waals surface area contributed by atoms with Crippen molar-refractivity contribution in [1.29, 1.82) is 0 Å². The van der Waals surface area contributed by atoms with E-state index < -0.39 is 11.7 Å². The molecule has 7 rings (SSSR count). The molecule has 4 N–H and O–H groups in total. The number of para-hydroxylation sites is 1. The number of carbonyl (C=O) groups is 1. The summed E-state index contributed by atoms with van der Waals surface area (Å²) in [4.78, 5) is 33.1. The van der Waals surface area contributed by atoms with Crippen LogP contribution in [0.5, 0.6) is 5.75 Å². The number of pyridine rings is 3. The van der Waals surface area contributed by atoms with Crippen molar-refractivity contribution in [2.45, 2.75) is 58.6 Å². The first-order valence-electron chi connectivity index (χ1n) is 17.0. The minimum Gasteiger partial charge on any atom is -0.505 e. The number of aromatic amines is 1. The number of aryl methyl sites for hydroxylation is 1. The summed E-state index contributed by atoms with van der Waals surface area (Å²) in [7, 11) is 0.